The molecular formula is C20H27N3O3. The lowest BCUT2D eigenvalue weighted by Gasteiger charge is -2.13. The van der Waals surface area contributed by atoms with Gasteiger partial charge in [0.15, 0.2) is 5.96 Å². The van der Waals surface area contributed by atoms with E-state index >= 15 is 0 Å². The lowest BCUT2D eigenvalue weighted by atomic mass is 10.0. The zero-order valence-corrected chi connectivity index (χ0v) is 15.7. The van der Waals surface area contributed by atoms with Crippen LogP contribution >= 0.6 is 0 Å². The van der Waals surface area contributed by atoms with Crippen molar-refractivity contribution in [3.63, 3.8) is 0 Å². The number of nitrogens with one attached hydrogen (secondary N) is 1. The van der Waals surface area contributed by atoms with Crippen molar-refractivity contribution in [1.82, 2.24) is 0 Å². The first-order valence-electron chi connectivity index (χ1n) is 8.51. The van der Waals surface area contributed by atoms with Gasteiger partial charge in [-0.15, -0.1) is 0 Å². The molecule has 6 heteroatoms. The van der Waals surface area contributed by atoms with E-state index in [0.29, 0.717) is 23.0 Å². The van der Waals surface area contributed by atoms with Gasteiger partial charge in [-0.25, -0.2) is 0 Å². The fourth-order valence-electron chi connectivity index (χ4n) is 2.48. The number of rotatable bonds is 7. The molecule has 0 amide bonds. The van der Waals surface area contributed by atoms with E-state index in [-0.39, 0.29) is 12.5 Å². The predicted octanol–water partition coefficient (Wildman–Crippen LogP) is 3.29. The number of nitrogens with zero attached hydrogens (tertiary/aromatic N) is 1. The van der Waals surface area contributed by atoms with Crippen LogP contribution in [0.15, 0.2) is 47.5 Å². The highest BCUT2D eigenvalue weighted by Crippen LogP contribution is 2.26. The van der Waals surface area contributed by atoms with Gasteiger partial charge in [0.1, 0.15) is 11.5 Å². The van der Waals surface area contributed by atoms with Crippen LogP contribution in [-0.4, -0.2) is 31.8 Å². The summed E-state index contributed by atoms with van der Waals surface area (Å²) in [6.07, 6.45) is -0.818. The summed E-state index contributed by atoms with van der Waals surface area (Å²) < 4.78 is 10.4. The topological polar surface area (TPSA) is 89.1 Å². The summed E-state index contributed by atoms with van der Waals surface area (Å²) in [4.78, 5) is 4.23. The molecule has 1 atom stereocenters. The maximum Gasteiger partial charge on any atom is 0.193 e. The molecule has 2 rings (SSSR count). The zero-order chi connectivity index (χ0) is 19.1. The molecule has 2 aromatic carbocycles. The van der Waals surface area contributed by atoms with Gasteiger partial charge in [-0.1, -0.05) is 26.0 Å². The summed E-state index contributed by atoms with van der Waals surface area (Å²) >= 11 is 0. The maximum atomic E-state index is 10.4. The Balaban J connectivity index is 2.05. The van der Waals surface area contributed by atoms with E-state index in [0.717, 1.165) is 5.69 Å². The third kappa shape index (κ3) is 5.39. The summed E-state index contributed by atoms with van der Waals surface area (Å²) in [7, 11) is 3.13. The fourth-order valence-corrected chi connectivity index (χ4v) is 2.48. The Hall–Kier alpha value is -2.73. The molecule has 0 saturated carbocycles. The van der Waals surface area contributed by atoms with E-state index in [1.54, 1.807) is 32.4 Å². The van der Waals surface area contributed by atoms with Crippen LogP contribution in [0.4, 0.5) is 5.69 Å². The van der Waals surface area contributed by atoms with Gasteiger partial charge in [-0.2, -0.15) is 0 Å². The molecule has 0 bridgehead atoms. The van der Waals surface area contributed by atoms with Gasteiger partial charge in [-0.3, -0.25) is 4.99 Å². The van der Waals surface area contributed by atoms with E-state index in [2.05, 4.69) is 30.2 Å². The maximum absolute atomic E-state index is 10.4. The molecule has 0 fully saturated rings. The third-order valence-electron chi connectivity index (χ3n) is 4.02. The minimum absolute atomic E-state index is 0.124. The average Bonchev–Trinajstić information content (AvgIpc) is 2.65. The van der Waals surface area contributed by atoms with Gasteiger partial charge in [-0.05, 0) is 41.3 Å². The number of aliphatic hydroxyl groups excluding tert-OH is 1. The van der Waals surface area contributed by atoms with Crippen molar-refractivity contribution in [3.05, 3.63) is 53.6 Å². The van der Waals surface area contributed by atoms with Crippen LogP contribution in [-0.2, 0) is 0 Å². The van der Waals surface area contributed by atoms with Crippen molar-refractivity contribution in [3.8, 4) is 11.5 Å². The molecule has 0 aliphatic carbocycles. The molecule has 0 spiro atoms. The van der Waals surface area contributed by atoms with Gasteiger partial charge < -0.3 is 25.6 Å². The Morgan fingerprint density at radius 1 is 1.08 bits per heavy atom. The lowest BCUT2D eigenvalue weighted by molar-refractivity contribution is 0.186. The van der Waals surface area contributed by atoms with Crippen molar-refractivity contribution in [2.75, 3.05) is 26.1 Å². The summed E-state index contributed by atoms with van der Waals surface area (Å²) in [6.45, 7) is 4.39. The van der Waals surface area contributed by atoms with Gasteiger partial charge >= 0.3 is 0 Å². The number of guanidine groups is 1. The molecule has 4 N–H and O–H groups in total. The molecule has 0 heterocycles. The molecule has 6 nitrogen and oxygen atoms in total. The molecule has 0 saturated heterocycles. The smallest absolute Gasteiger partial charge is 0.193 e. The highest BCUT2D eigenvalue weighted by atomic mass is 16.5. The van der Waals surface area contributed by atoms with E-state index in [1.807, 2.05) is 18.2 Å². The van der Waals surface area contributed by atoms with Crippen LogP contribution in [0.1, 0.15) is 37.0 Å². The van der Waals surface area contributed by atoms with Crippen LogP contribution in [0.5, 0.6) is 11.5 Å². The average molecular weight is 357 g/mol. The van der Waals surface area contributed by atoms with Crippen molar-refractivity contribution < 1.29 is 14.6 Å². The second kappa shape index (κ2) is 9.10. The summed E-state index contributed by atoms with van der Waals surface area (Å²) in [5.41, 5.74) is 8.69. The van der Waals surface area contributed by atoms with E-state index in [1.165, 1.54) is 5.56 Å². The molecule has 0 radical (unpaired) electrons. The lowest BCUT2D eigenvalue weighted by Crippen LogP contribution is -2.23. The van der Waals surface area contributed by atoms with Crippen molar-refractivity contribution in [2.24, 2.45) is 10.7 Å². The first-order valence-corrected chi connectivity index (χ1v) is 8.51. The van der Waals surface area contributed by atoms with Gasteiger partial charge in [0.05, 0.1) is 26.9 Å². The minimum atomic E-state index is -0.818. The minimum Gasteiger partial charge on any atom is -0.497 e. The molecule has 0 aliphatic heterocycles. The fraction of sp³-hybridized carbons (Fsp3) is 0.350. The van der Waals surface area contributed by atoms with Crippen molar-refractivity contribution in [1.29, 1.82) is 0 Å². The van der Waals surface area contributed by atoms with Crippen molar-refractivity contribution >= 4 is 11.6 Å². The molecule has 26 heavy (non-hydrogen) atoms. The number of anilines is 1. The van der Waals surface area contributed by atoms with Crippen LogP contribution in [0, 0.1) is 0 Å². The number of benzene rings is 2. The largest absolute Gasteiger partial charge is 0.497 e. The standard InChI is InChI=1S/C20H27N3O3/c1-13(2)14-6-5-7-16(8-14)23-20(21)22-12-19(24)15-9-17(25-3)11-18(10-15)26-4/h5-11,13,19,24H,12H2,1-4H3,(H3,21,22,23). The van der Waals surface area contributed by atoms with Crippen LogP contribution < -0.4 is 20.5 Å². The first kappa shape index (κ1) is 19.6. The summed E-state index contributed by atoms with van der Waals surface area (Å²) in [6, 6.07) is 13.3. The van der Waals surface area contributed by atoms with Gasteiger partial charge in [0.2, 0.25) is 0 Å². The van der Waals surface area contributed by atoms with Crippen LogP contribution in [0.2, 0.25) is 0 Å². The number of hydrogen-bond donors (Lipinski definition) is 3. The number of aliphatic hydroxyl groups is 1. The second-order valence-corrected chi connectivity index (χ2v) is 6.29. The van der Waals surface area contributed by atoms with E-state index in [4.69, 9.17) is 15.2 Å². The number of aliphatic imine (C=N–C) groups is 1. The van der Waals surface area contributed by atoms with Gasteiger partial charge in [0, 0.05) is 11.8 Å². The van der Waals surface area contributed by atoms with E-state index in [9.17, 15) is 5.11 Å². The monoisotopic (exact) mass is 357 g/mol. The molecule has 2 aromatic rings. The van der Waals surface area contributed by atoms with Crippen LogP contribution in [0.25, 0.3) is 0 Å². The Labute approximate surface area is 154 Å². The zero-order valence-electron chi connectivity index (χ0n) is 15.7. The highest BCUT2D eigenvalue weighted by Gasteiger charge is 2.11. The number of ether oxygens (including phenoxy) is 2. The highest BCUT2D eigenvalue weighted by molar-refractivity contribution is 5.92. The third-order valence-corrected chi connectivity index (χ3v) is 4.02. The summed E-state index contributed by atoms with van der Waals surface area (Å²) in [5, 5.41) is 13.4. The molecule has 140 valence electrons. The Kier molecular flexibility index (Phi) is 6.86. The summed E-state index contributed by atoms with van der Waals surface area (Å²) in [5.74, 6) is 1.90. The van der Waals surface area contributed by atoms with Crippen LogP contribution in [0.3, 0.4) is 0 Å². The van der Waals surface area contributed by atoms with Gasteiger partial charge in [0.25, 0.3) is 0 Å². The quantitative estimate of drug-likeness (QED) is 0.523. The predicted molar refractivity (Wildman–Crippen MR) is 105 cm³/mol. The molecule has 0 aliphatic rings. The second-order valence-electron chi connectivity index (χ2n) is 6.29. The number of nitrogens with two attached hydrogens (primary N) is 1. The van der Waals surface area contributed by atoms with Crippen molar-refractivity contribution in [2.45, 2.75) is 25.9 Å². The Morgan fingerprint density at radius 3 is 2.31 bits per heavy atom. The molecule has 0 aromatic heterocycles. The first-order chi connectivity index (χ1) is 12.4. The normalized spacial score (nSPS) is 12.8. The number of methoxy groups -OCH3 is 2. The van der Waals surface area contributed by atoms with E-state index < -0.39 is 6.10 Å². The molecule has 1 unspecified atom stereocenters. The number of hydrogen-bond acceptors (Lipinski definition) is 4. The molecular weight excluding hydrogens is 330 g/mol. The Morgan fingerprint density at radius 2 is 1.73 bits per heavy atom. The SMILES string of the molecule is COc1cc(OC)cc(C(O)CN=C(N)Nc2cccc(C(C)C)c2)c1. The Bertz CT molecular complexity index is 737.